The van der Waals surface area contributed by atoms with Gasteiger partial charge in [-0.2, -0.15) is 0 Å². The number of hydrogen-bond acceptors (Lipinski definition) is 4. The Morgan fingerprint density at radius 1 is 1.22 bits per heavy atom. The summed E-state index contributed by atoms with van der Waals surface area (Å²) in [5, 5.41) is 2.89. The Bertz CT molecular complexity index is 679. The van der Waals surface area contributed by atoms with Gasteiger partial charge in [-0.25, -0.2) is 0 Å². The number of amides is 2. The molecule has 1 atom stereocenters. The number of aromatic nitrogens is 1. The fraction of sp³-hybridized carbons (Fsp3) is 0.235. The molecule has 6 heteroatoms. The lowest BCUT2D eigenvalue weighted by Crippen LogP contribution is -2.47. The molecule has 3 rings (SSSR count). The summed E-state index contributed by atoms with van der Waals surface area (Å²) in [6.07, 6.45) is 3.41. The van der Waals surface area contributed by atoms with Gasteiger partial charge in [-0.1, -0.05) is 24.3 Å². The molecule has 1 saturated heterocycles. The van der Waals surface area contributed by atoms with Gasteiger partial charge in [0.15, 0.2) is 0 Å². The van der Waals surface area contributed by atoms with Crippen molar-refractivity contribution in [2.24, 2.45) is 0 Å². The third-order valence-electron chi connectivity index (χ3n) is 3.66. The van der Waals surface area contributed by atoms with E-state index in [1.165, 1.54) is 0 Å². The Balaban J connectivity index is 1.64. The fourth-order valence-electron chi connectivity index (χ4n) is 2.42. The number of hydrogen-bond donors (Lipinski definition) is 1. The lowest BCUT2D eigenvalue weighted by molar-refractivity contribution is -0.124. The molecule has 0 bridgehead atoms. The van der Waals surface area contributed by atoms with Crippen LogP contribution in [0.3, 0.4) is 0 Å². The van der Waals surface area contributed by atoms with E-state index < -0.39 is 6.04 Å². The second-order valence-electron chi connectivity index (χ2n) is 5.24. The molecular formula is C17H17N3O2S. The highest BCUT2D eigenvalue weighted by Gasteiger charge is 2.34. The largest absolute Gasteiger partial charge is 0.350 e. The summed E-state index contributed by atoms with van der Waals surface area (Å²) in [7, 11) is 0. The van der Waals surface area contributed by atoms with Crippen LogP contribution in [0.25, 0.3) is 0 Å². The number of benzene rings is 1. The molecule has 5 nitrogen and oxygen atoms in total. The molecule has 0 saturated carbocycles. The van der Waals surface area contributed by atoms with Gasteiger partial charge in [-0.3, -0.25) is 14.6 Å². The number of thioether (sulfide) groups is 1. The molecule has 2 heterocycles. The number of nitrogens with one attached hydrogen (secondary N) is 1. The lowest BCUT2D eigenvalue weighted by atomic mass is 10.1. The van der Waals surface area contributed by atoms with Crippen LogP contribution in [-0.4, -0.2) is 39.4 Å². The number of nitrogens with zero attached hydrogens (tertiary/aromatic N) is 2. The number of rotatable bonds is 4. The van der Waals surface area contributed by atoms with Crippen molar-refractivity contribution in [1.82, 2.24) is 15.2 Å². The molecule has 2 aromatic rings. The number of carbonyl (C=O) groups is 2. The van der Waals surface area contributed by atoms with E-state index in [1.54, 1.807) is 41.2 Å². The summed E-state index contributed by atoms with van der Waals surface area (Å²) in [6, 6.07) is 12.4. The van der Waals surface area contributed by atoms with E-state index in [2.05, 4.69) is 10.3 Å². The molecule has 1 aliphatic rings. The predicted octanol–water partition coefficient (Wildman–Crippen LogP) is 1.91. The zero-order chi connectivity index (χ0) is 16.1. The van der Waals surface area contributed by atoms with Crippen LogP contribution in [0.2, 0.25) is 0 Å². The van der Waals surface area contributed by atoms with Gasteiger partial charge >= 0.3 is 0 Å². The average Bonchev–Trinajstić information content (AvgIpc) is 3.10. The average molecular weight is 327 g/mol. The highest BCUT2D eigenvalue weighted by atomic mass is 32.2. The Morgan fingerprint density at radius 3 is 2.78 bits per heavy atom. The fourth-order valence-corrected chi connectivity index (χ4v) is 3.57. The summed E-state index contributed by atoms with van der Waals surface area (Å²) in [5.41, 5.74) is 1.55. The third kappa shape index (κ3) is 3.71. The molecule has 1 unspecified atom stereocenters. The summed E-state index contributed by atoms with van der Waals surface area (Å²) in [4.78, 5) is 30.6. The Hall–Kier alpha value is -2.34. The van der Waals surface area contributed by atoms with Crippen molar-refractivity contribution in [3.63, 3.8) is 0 Å². The van der Waals surface area contributed by atoms with Crippen molar-refractivity contribution in [3.05, 3.63) is 66.0 Å². The van der Waals surface area contributed by atoms with Crippen molar-refractivity contribution in [2.45, 2.75) is 12.6 Å². The quantitative estimate of drug-likeness (QED) is 0.932. The first kappa shape index (κ1) is 15.6. The van der Waals surface area contributed by atoms with Crippen LogP contribution in [0.5, 0.6) is 0 Å². The van der Waals surface area contributed by atoms with Crippen LogP contribution in [0.4, 0.5) is 0 Å². The maximum atomic E-state index is 12.6. The Labute approximate surface area is 139 Å². The molecule has 1 aromatic heterocycles. The maximum Gasteiger partial charge on any atom is 0.255 e. The molecule has 0 radical (unpaired) electrons. The molecule has 118 valence electrons. The van der Waals surface area contributed by atoms with Gasteiger partial charge in [0.1, 0.15) is 6.04 Å². The second kappa shape index (κ2) is 7.28. The highest BCUT2D eigenvalue weighted by Crippen LogP contribution is 2.23. The zero-order valence-electron chi connectivity index (χ0n) is 12.5. The van der Waals surface area contributed by atoms with E-state index in [-0.39, 0.29) is 11.8 Å². The van der Waals surface area contributed by atoms with Crippen molar-refractivity contribution in [1.29, 1.82) is 0 Å². The molecule has 23 heavy (non-hydrogen) atoms. The summed E-state index contributed by atoms with van der Waals surface area (Å²) in [6.45, 7) is 0.418. The van der Waals surface area contributed by atoms with Gasteiger partial charge in [-0.05, 0) is 23.8 Å². The normalized spacial score (nSPS) is 17.0. The standard InChI is InChI=1S/C17H17N3O2S/c21-16(19-10-13-5-4-8-18-9-13)15-11-23-12-20(15)17(22)14-6-2-1-3-7-14/h1-9,15H,10-12H2,(H,19,21). The molecular weight excluding hydrogens is 310 g/mol. The van der Waals surface area contributed by atoms with Gasteiger partial charge in [0.2, 0.25) is 5.91 Å². The topological polar surface area (TPSA) is 62.3 Å². The summed E-state index contributed by atoms with van der Waals surface area (Å²) in [5.74, 6) is 0.941. The van der Waals surface area contributed by atoms with E-state index in [9.17, 15) is 9.59 Å². The van der Waals surface area contributed by atoms with Gasteiger partial charge < -0.3 is 10.2 Å². The van der Waals surface area contributed by atoms with Crippen LogP contribution < -0.4 is 5.32 Å². The molecule has 1 aliphatic heterocycles. The van der Waals surface area contributed by atoms with E-state index in [4.69, 9.17) is 0 Å². The number of carbonyl (C=O) groups excluding carboxylic acids is 2. The van der Waals surface area contributed by atoms with Gasteiger partial charge in [0, 0.05) is 30.3 Å². The van der Waals surface area contributed by atoms with Crippen molar-refractivity contribution < 1.29 is 9.59 Å². The molecule has 0 aliphatic carbocycles. The first-order valence-electron chi connectivity index (χ1n) is 7.36. The van der Waals surface area contributed by atoms with Crippen LogP contribution in [0.15, 0.2) is 54.9 Å². The van der Waals surface area contributed by atoms with E-state index >= 15 is 0 Å². The van der Waals surface area contributed by atoms with Crippen LogP contribution in [0.1, 0.15) is 15.9 Å². The molecule has 1 fully saturated rings. The van der Waals surface area contributed by atoms with Crippen LogP contribution >= 0.6 is 11.8 Å². The summed E-state index contributed by atoms with van der Waals surface area (Å²) < 4.78 is 0. The third-order valence-corrected chi connectivity index (χ3v) is 4.67. The van der Waals surface area contributed by atoms with E-state index in [0.29, 0.717) is 23.7 Å². The van der Waals surface area contributed by atoms with Crippen LogP contribution in [-0.2, 0) is 11.3 Å². The van der Waals surface area contributed by atoms with Gasteiger partial charge in [-0.15, -0.1) is 11.8 Å². The van der Waals surface area contributed by atoms with Gasteiger partial charge in [0.05, 0.1) is 5.88 Å². The van der Waals surface area contributed by atoms with E-state index in [1.807, 2.05) is 30.3 Å². The van der Waals surface area contributed by atoms with Crippen LogP contribution in [0, 0.1) is 0 Å². The Morgan fingerprint density at radius 2 is 2.04 bits per heavy atom. The van der Waals surface area contributed by atoms with Crippen molar-refractivity contribution in [3.8, 4) is 0 Å². The van der Waals surface area contributed by atoms with Crippen molar-refractivity contribution >= 4 is 23.6 Å². The minimum atomic E-state index is -0.427. The van der Waals surface area contributed by atoms with Gasteiger partial charge in [0.25, 0.3) is 5.91 Å². The monoisotopic (exact) mass is 327 g/mol. The predicted molar refractivity (Wildman–Crippen MR) is 89.8 cm³/mol. The van der Waals surface area contributed by atoms with Crippen molar-refractivity contribution in [2.75, 3.05) is 11.6 Å². The first-order chi connectivity index (χ1) is 11.3. The summed E-state index contributed by atoms with van der Waals surface area (Å²) >= 11 is 1.60. The maximum absolute atomic E-state index is 12.6. The molecule has 1 aromatic carbocycles. The zero-order valence-corrected chi connectivity index (χ0v) is 13.3. The lowest BCUT2D eigenvalue weighted by Gasteiger charge is -2.23. The first-order valence-corrected chi connectivity index (χ1v) is 8.51. The minimum absolute atomic E-state index is 0.0999. The molecule has 1 N–H and O–H groups in total. The molecule has 2 amide bonds. The molecule has 0 spiro atoms. The number of pyridine rings is 1. The van der Waals surface area contributed by atoms with E-state index in [0.717, 1.165) is 5.56 Å². The second-order valence-corrected chi connectivity index (χ2v) is 6.24. The highest BCUT2D eigenvalue weighted by molar-refractivity contribution is 7.99. The SMILES string of the molecule is O=C(NCc1cccnc1)C1CSCN1C(=O)c1ccccc1. The minimum Gasteiger partial charge on any atom is -0.350 e. The Kier molecular flexibility index (Phi) is 4.92. The smallest absolute Gasteiger partial charge is 0.255 e.